The van der Waals surface area contributed by atoms with E-state index in [0.717, 1.165) is 5.56 Å². The Balaban J connectivity index is 1.68. The number of urea groups is 1. The quantitative estimate of drug-likeness (QED) is 0.877. The van der Waals surface area contributed by atoms with Crippen LogP contribution < -0.4 is 10.1 Å². The Morgan fingerprint density at radius 3 is 2.88 bits per heavy atom. The third-order valence-electron chi connectivity index (χ3n) is 3.80. The Bertz CT molecular complexity index is 763. The number of methoxy groups -OCH3 is 1. The van der Waals surface area contributed by atoms with Gasteiger partial charge in [0.1, 0.15) is 5.75 Å². The number of carbonyl (C=O) groups excluding carboxylic acids is 1. The fourth-order valence-electron chi connectivity index (χ4n) is 2.52. The topological polar surface area (TPSA) is 105 Å². The van der Waals surface area contributed by atoms with Crippen LogP contribution in [0.25, 0.3) is 10.6 Å². The molecule has 0 unspecified atom stereocenters. The predicted molar refractivity (Wildman–Crippen MR) is 88.2 cm³/mol. The van der Waals surface area contributed by atoms with Crippen molar-refractivity contribution in [3.05, 3.63) is 24.3 Å². The van der Waals surface area contributed by atoms with Crippen LogP contribution in [0.4, 0.5) is 9.93 Å². The molecule has 1 fully saturated rings. The molecule has 1 atom stereocenters. The van der Waals surface area contributed by atoms with Gasteiger partial charge in [0.2, 0.25) is 5.13 Å². The number of carbonyl (C=O) groups is 2. The summed E-state index contributed by atoms with van der Waals surface area (Å²) in [6.45, 7) is 0.625. The molecule has 3 rings (SSSR count). The number of likely N-dealkylation sites (tertiary alicyclic amines) is 1. The van der Waals surface area contributed by atoms with E-state index in [-0.39, 0.29) is 12.6 Å². The number of aromatic nitrogens is 2. The second kappa shape index (κ2) is 6.83. The van der Waals surface area contributed by atoms with Crippen LogP contribution >= 0.6 is 11.3 Å². The van der Waals surface area contributed by atoms with E-state index >= 15 is 0 Å². The van der Waals surface area contributed by atoms with E-state index in [2.05, 4.69) is 15.5 Å². The first-order valence-corrected chi connectivity index (χ1v) is 8.15. The summed E-state index contributed by atoms with van der Waals surface area (Å²) >= 11 is 1.23. The van der Waals surface area contributed by atoms with E-state index in [1.165, 1.54) is 16.2 Å². The maximum Gasteiger partial charge on any atom is 0.323 e. The van der Waals surface area contributed by atoms with E-state index in [4.69, 9.17) is 9.84 Å². The minimum absolute atomic E-state index is 0.208. The van der Waals surface area contributed by atoms with Crippen LogP contribution in [0.3, 0.4) is 0 Å². The van der Waals surface area contributed by atoms with E-state index in [1.54, 1.807) is 7.11 Å². The lowest BCUT2D eigenvalue weighted by Gasteiger charge is -2.14. The molecule has 0 aliphatic carbocycles. The van der Waals surface area contributed by atoms with Crippen molar-refractivity contribution in [3.8, 4) is 16.3 Å². The highest BCUT2D eigenvalue weighted by Crippen LogP contribution is 2.33. The highest BCUT2D eigenvalue weighted by atomic mass is 32.1. The molecule has 0 radical (unpaired) electrons. The molecule has 8 nitrogen and oxygen atoms in total. The lowest BCUT2D eigenvalue weighted by molar-refractivity contribution is -0.141. The molecule has 1 aliphatic rings. The van der Waals surface area contributed by atoms with Gasteiger partial charge in [-0.3, -0.25) is 10.1 Å². The first kappa shape index (κ1) is 16.2. The number of amides is 2. The van der Waals surface area contributed by atoms with Gasteiger partial charge in [0, 0.05) is 13.1 Å². The molecule has 1 saturated heterocycles. The molecule has 24 heavy (non-hydrogen) atoms. The number of aliphatic carboxylic acids is 1. The molecule has 2 heterocycles. The Morgan fingerprint density at radius 2 is 2.17 bits per heavy atom. The van der Waals surface area contributed by atoms with Gasteiger partial charge in [-0.15, -0.1) is 10.2 Å². The molecule has 1 aliphatic heterocycles. The van der Waals surface area contributed by atoms with Gasteiger partial charge in [-0.25, -0.2) is 4.79 Å². The molecular weight excluding hydrogens is 332 g/mol. The summed E-state index contributed by atoms with van der Waals surface area (Å²) in [5, 5.41) is 20.7. The van der Waals surface area contributed by atoms with Crippen molar-refractivity contribution in [1.82, 2.24) is 15.1 Å². The largest absolute Gasteiger partial charge is 0.496 e. The average molecular weight is 348 g/mol. The molecule has 1 aromatic heterocycles. The van der Waals surface area contributed by atoms with E-state index in [9.17, 15) is 9.59 Å². The Kier molecular flexibility index (Phi) is 4.61. The van der Waals surface area contributed by atoms with Gasteiger partial charge in [0.25, 0.3) is 0 Å². The number of carboxylic acid groups (broad SMARTS) is 1. The van der Waals surface area contributed by atoms with Crippen molar-refractivity contribution >= 4 is 28.5 Å². The molecule has 0 spiro atoms. The van der Waals surface area contributed by atoms with Gasteiger partial charge in [-0.05, 0) is 18.6 Å². The van der Waals surface area contributed by atoms with Gasteiger partial charge in [0.15, 0.2) is 5.01 Å². The lowest BCUT2D eigenvalue weighted by atomic mass is 10.1. The first-order valence-electron chi connectivity index (χ1n) is 7.34. The Morgan fingerprint density at radius 1 is 1.38 bits per heavy atom. The second-order valence-electron chi connectivity index (χ2n) is 5.31. The number of nitrogens with one attached hydrogen (secondary N) is 1. The lowest BCUT2D eigenvalue weighted by Crippen LogP contribution is -2.33. The zero-order valence-corrected chi connectivity index (χ0v) is 13.7. The van der Waals surface area contributed by atoms with Crippen molar-refractivity contribution in [2.24, 2.45) is 5.92 Å². The van der Waals surface area contributed by atoms with Crippen LogP contribution in [-0.4, -0.2) is 52.4 Å². The summed E-state index contributed by atoms with van der Waals surface area (Å²) in [7, 11) is 1.58. The summed E-state index contributed by atoms with van der Waals surface area (Å²) < 4.78 is 5.29. The molecular formula is C15H16N4O4S. The fourth-order valence-corrected chi connectivity index (χ4v) is 3.28. The van der Waals surface area contributed by atoms with Gasteiger partial charge in [-0.1, -0.05) is 23.5 Å². The zero-order valence-electron chi connectivity index (χ0n) is 12.9. The van der Waals surface area contributed by atoms with E-state index in [0.29, 0.717) is 28.9 Å². The number of hydrogen-bond acceptors (Lipinski definition) is 6. The Labute approximate surface area is 142 Å². The normalized spacial score (nSPS) is 16.9. The molecule has 2 amide bonds. The van der Waals surface area contributed by atoms with Crippen LogP contribution in [0, 0.1) is 5.92 Å². The molecule has 2 N–H and O–H groups in total. The third-order valence-corrected chi connectivity index (χ3v) is 4.67. The number of para-hydroxylation sites is 1. The van der Waals surface area contributed by atoms with Crippen LogP contribution in [0.5, 0.6) is 5.75 Å². The number of rotatable bonds is 4. The second-order valence-corrected chi connectivity index (χ2v) is 6.29. The molecule has 0 saturated carbocycles. The van der Waals surface area contributed by atoms with Crippen molar-refractivity contribution in [2.45, 2.75) is 6.42 Å². The third kappa shape index (κ3) is 3.30. The number of ether oxygens (including phenoxy) is 1. The highest BCUT2D eigenvalue weighted by Gasteiger charge is 2.31. The summed E-state index contributed by atoms with van der Waals surface area (Å²) in [6.07, 6.45) is 0.464. The maximum absolute atomic E-state index is 12.2. The van der Waals surface area contributed by atoms with Crippen LogP contribution in [0.15, 0.2) is 24.3 Å². The predicted octanol–water partition coefficient (Wildman–Crippen LogP) is 2.15. The van der Waals surface area contributed by atoms with Crippen LogP contribution in [-0.2, 0) is 4.79 Å². The molecule has 2 aromatic rings. The SMILES string of the molecule is COc1ccccc1-c1nnc(NC(=O)N2CC[C@H](C(=O)O)C2)s1. The number of anilines is 1. The first-order chi connectivity index (χ1) is 11.6. The zero-order chi connectivity index (χ0) is 17.1. The standard InChI is InChI=1S/C15H16N4O4S/c1-23-11-5-3-2-4-10(11)12-17-18-14(24-12)16-15(22)19-7-6-9(8-19)13(20)21/h2-5,9H,6-8H2,1H3,(H,20,21)(H,16,18,22)/t9-/m0/s1. The summed E-state index contributed by atoms with van der Waals surface area (Å²) in [5.74, 6) is -0.704. The molecule has 9 heteroatoms. The molecule has 0 bridgehead atoms. The minimum Gasteiger partial charge on any atom is -0.496 e. The number of benzene rings is 1. The summed E-state index contributed by atoms with van der Waals surface area (Å²) in [5.41, 5.74) is 0.796. The molecule has 126 valence electrons. The van der Waals surface area contributed by atoms with Crippen molar-refractivity contribution in [3.63, 3.8) is 0 Å². The van der Waals surface area contributed by atoms with Crippen LogP contribution in [0.2, 0.25) is 0 Å². The van der Waals surface area contributed by atoms with Crippen LogP contribution in [0.1, 0.15) is 6.42 Å². The Hall–Kier alpha value is -2.68. The number of carboxylic acids is 1. The molecule has 1 aromatic carbocycles. The minimum atomic E-state index is -0.875. The summed E-state index contributed by atoms with van der Waals surface area (Å²) in [6, 6.07) is 7.06. The van der Waals surface area contributed by atoms with Gasteiger partial charge < -0.3 is 14.7 Å². The average Bonchev–Trinajstić information content (AvgIpc) is 3.24. The fraction of sp³-hybridized carbons (Fsp3) is 0.333. The van der Waals surface area contributed by atoms with Gasteiger partial charge in [0.05, 0.1) is 18.6 Å². The van der Waals surface area contributed by atoms with Crippen molar-refractivity contribution < 1.29 is 19.4 Å². The van der Waals surface area contributed by atoms with E-state index in [1.807, 2.05) is 24.3 Å². The van der Waals surface area contributed by atoms with E-state index < -0.39 is 11.9 Å². The van der Waals surface area contributed by atoms with Gasteiger partial charge in [-0.2, -0.15) is 0 Å². The summed E-state index contributed by atoms with van der Waals surface area (Å²) in [4.78, 5) is 24.6. The number of hydrogen-bond donors (Lipinski definition) is 2. The van der Waals surface area contributed by atoms with Crippen molar-refractivity contribution in [2.75, 3.05) is 25.5 Å². The van der Waals surface area contributed by atoms with Gasteiger partial charge >= 0.3 is 12.0 Å². The highest BCUT2D eigenvalue weighted by molar-refractivity contribution is 7.18. The maximum atomic E-state index is 12.2. The van der Waals surface area contributed by atoms with Crippen molar-refractivity contribution in [1.29, 1.82) is 0 Å². The monoisotopic (exact) mass is 348 g/mol. The smallest absolute Gasteiger partial charge is 0.323 e. The number of nitrogens with zero attached hydrogens (tertiary/aromatic N) is 3.